The summed E-state index contributed by atoms with van der Waals surface area (Å²) in [6, 6.07) is 8.01. The SMILES string of the molecule is CNC1(C(=O)N(C)c2cccc(C)c2)CC1. The summed E-state index contributed by atoms with van der Waals surface area (Å²) >= 11 is 0. The van der Waals surface area contributed by atoms with Crippen molar-refractivity contribution in [3.8, 4) is 0 Å². The Morgan fingerprint density at radius 1 is 1.44 bits per heavy atom. The Kier molecular flexibility index (Phi) is 2.72. The molecule has 0 aliphatic heterocycles. The number of likely N-dealkylation sites (N-methyl/N-ethyl adjacent to an activating group) is 2. The molecule has 1 aromatic rings. The lowest BCUT2D eigenvalue weighted by Gasteiger charge is -2.23. The van der Waals surface area contributed by atoms with Crippen molar-refractivity contribution in [1.29, 1.82) is 0 Å². The average Bonchev–Trinajstić information content (AvgIpc) is 3.08. The summed E-state index contributed by atoms with van der Waals surface area (Å²) in [6.07, 6.45) is 1.89. The van der Waals surface area contributed by atoms with Gasteiger partial charge < -0.3 is 10.2 Å². The molecule has 16 heavy (non-hydrogen) atoms. The number of hydrogen-bond donors (Lipinski definition) is 1. The third-order valence-corrected chi connectivity index (χ3v) is 3.33. The monoisotopic (exact) mass is 218 g/mol. The molecule has 3 nitrogen and oxygen atoms in total. The van der Waals surface area contributed by atoms with E-state index in [1.165, 1.54) is 5.56 Å². The van der Waals surface area contributed by atoms with Crippen molar-refractivity contribution < 1.29 is 4.79 Å². The quantitative estimate of drug-likeness (QED) is 0.837. The number of anilines is 1. The van der Waals surface area contributed by atoms with Crippen LogP contribution < -0.4 is 10.2 Å². The molecular weight excluding hydrogens is 200 g/mol. The number of amides is 1. The Morgan fingerprint density at radius 2 is 2.12 bits per heavy atom. The zero-order valence-electron chi connectivity index (χ0n) is 10.1. The van der Waals surface area contributed by atoms with Gasteiger partial charge in [0, 0.05) is 12.7 Å². The summed E-state index contributed by atoms with van der Waals surface area (Å²) in [7, 11) is 3.70. The van der Waals surface area contributed by atoms with Crippen LogP contribution in [0.1, 0.15) is 18.4 Å². The van der Waals surface area contributed by atoms with Gasteiger partial charge in [0.05, 0.1) is 5.54 Å². The van der Waals surface area contributed by atoms with Crippen molar-refractivity contribution in [2.45, 2.75) is 25.3 Å². The molecule has 1 N–H and O–H groups in total. The molecule has 0 spiro atoms. The number of carbonyl (C=O) groups is 1. The van der Waals surface area contributed by atoms with Crippen LogP contribution >= 0.6 is 0 Å². The maximum absolute atomic E-state index is 12.2. The lowest BCUT2D eigenvalue weighted by molar-refractivity contribution is -0.121. The molecule has 86 valence electrons. The van der Waals surface area contributed by atoms with Gasteiger partial charge in [-0.05, 0) is 44.5 Å². The molecule has 0 radical (unpaired) electrons. The second-order valence-corrected chi connectivity index (χ2v) is 4.54. The van der Waals surface area contributed by atoms with Crippen LogP contribution in [0.25, 0.3) is 0 Å². The molecule has 1 fully saturated rings. The van der Waals surface area contributed by atoms with E-state index in [-0.39, 0.29) is 11.4 Å². The van der Waals surface area contributed by atoms with Crippen LogP contribution in [0.15, 0.2) is 24.3 Å². The van der Waals surface area contributed by atoms with Gasteiger partial charge in [-0.25, -0.2) is 0 Å². The van der Waals surface area contributed by atoms with E-state index in [0.29, 0.717) is 0 Å². The highest BCUT2D eigenvalue weighted by atomic mass is 16.2. The zero-order chi connectivity index (χ0) is 11.8. The molecule has 3 heteroatoms. The van der Waals surface area contributed by atoms with Gasteiger partial charge in [-0.15, -0.1) is 0 Å². The van der Waals surface area contributed by atoms with Crippen molar-refractivity contribution in [3.63, 3.8) is 0 Å². The van der Waals surface area contributed by atoms with Crippen molar-refractivity contribution >= 4 is 11.6 Å². The van der Waals surface area contributed by atoms with Gasteiger partial charge in [-0.2, -0.15) is 0 Å². The molecule has 0 unspecified atom stereocenters. The summed E-state index contributed by atoms with van der Waals surface area (Å²) in [5.41, 5.74) is 1.84. The van der Waals surface area contributed by atoms with E-state index >= 15 is 0 Å². The van der Waals surface area contributed by atoms with Crippen LogP contribution in [-0.2, 0) is 4.79 Å². The number of benzene rings is 1. The highest BCUT2D eigenvalue weighted by Gasteiger charge is 2.50. The van der Waals surface area contributed by atoms with E-state index in [4.69, 9.17) is 0 Å². The van der Waals surface area contributed by atoms with E-state index in [2.05, 4.69) is 5.32 Å². The van der Waals surface area contributed by atoms with Gasteiger partial charge in [-0.3, -0.25) is 4.79 Å². The van der Waals surface area contributed by atoms with Gasteiger partial charge in [-0.1, -0.05) is 12.1 Å². The fourth-order valence-corrected chi connectivity index (χ4v) is 1.97. The first-order valence-electron chi connectivity index (χ1n) is 5.63. The van der Waals surface area contributed by atoms with Crippen molar-refractivity contribution in [1.82, 2.24) is 5.32 Å². The van der Waals surface area contributed by atoms with Crippen molar-refractivity contribution in [3.05, 3.63) is 29.8 Å². The second kappa shape index (κ2) is 3.91. The number of rotatable bonds is 3. The standard InChI is InChI=1S/C13H18N2O/c1-10-5-4-6-11(9-10)15(3)12(16)13(14-2)7-8-13/h4-6,9,14H,7-8H2,1-3H3. The molecule has 0 bridgehead atoms. The van der Waals surface area contributed by atoms with E-state index in [0.717, 1.165) is 18.5 Å². The largest absolute Gasteiger partial charge is 0.314 e. The number of hydrogen-bond acceptors (Lipinski definition) is 2. The highest BCUT2D eigenvalue weighted by Crippen LogP contribution is 2.37. The van der Waals surface area contributed by atoms with Crippen LogP contribution in [-0.4, -0.2) is 25.5 Å². The van der Waals surface area contributed by atoms with Crippen molar-refractivity contribution in [2.75, 3.05) is 19.0 Å². The molecule has 1 aliphatic rings. The summed E-state index contributed by atoms with van der Waals surface area (Å²) in [5.74, 6) is 0.167. The van der Waals surface area contributed by atoms with Crippen LogP contribution in [0.2, 0.25) is 0 Å². The smallest absolute Gasteiger partial charge is 0.247 e. The van der Waals surface area contributed by atoms with Crippen LogP contribution in [0, 0.1) is 6.92 Å². The fraction of sp³-hybridized carbons (Fsp3) is 0.462. The van der Waals surface area contributed by atoms with E-state index in [9.17, 15) is 4.79 Å². The van der Waals surface area contributed by atoms with Gasteiger partial charge in [0.15, 0.2) is 0 Å². The predicted molar refractivity (Wildman–Crippen MR) is 65.6 cm³/mol. The van der Waals surface area contributed by atoms with E-state index < -0.39 is 0 Å². The lowest BCUT2D eigenvalue weighted by atomic mass is 10.2. The van der Waals surface area contributed by atoms with Gasteiger partial charge in [0.25, 0.3) is 0 Å². The molecule has 1 aromatic carbocycles. The average molecular weight is 218 g/mol. The van der Waals surface area contributed by atoms with Crippen LogP contribution in [0.4, 0.5) is 5.69 Å². The molecular formula is C13H18N2O. The molecule has 0 atom stereocenters. The normalized spacial score (nSPS) is 16.9. The van der Waals surface area contributed by atoms with Crippen LogP contribution in [0.3, 0.4) is 0 Å². The molecule has 1 aliphatic carbocycles. The first-order chi connectivity index (χ1) is 7.59. The minimum absolute atomic E-state index is 0.167. The summed E-state index contributed by atoms with van der Waals surface area (Å²) in [6.45, 7) is 2.03. The molecule has 0 saturated heterocycles. The van der Waals surface area contributed by atoms with Crippen LogP contribution in [0.5, 0.6) is 0 Å². The number of nitrogens with one attached hydrogen (secondary N) is 1. The minimum Gasteiger partial charge on any atom is -0.314 e. The Hall–Kier alpha value is -1.35. The second-order valence-electron chi connectivity index (χ2n) is 4.54. The van der Waals surface area contributed by atoms with Crippen molar-refractivity contribution in [2.24, 2.45) is 0 Å². The fourth-order valence-electron chi connectivity index (χ4n) is 1.97. The molecule has 0 aromatic heterocycles. The Morgan fingerprint density at radius 3 is 2.62 bits per heavy atom. The number of nitrogens with zero attached hydrogens (tertiary/aromatic N) is 1. The number of carbonyl (C=O) groups excluding carboxylic acids is 1. The highest BCUT2D eigenvalue weighted by molar-refractivity contribution is 6.01. The van der Waals surface area contributed by atoms with Gasteiger partial charge in [0.1, 0.15) is 0 Å². The third kappa shape index (κ3) is 1.83. The van der Waals surface area contributed by atoms with Gasteiger partial charge >= 0.3 is 0 Å². The zero-order valence-corrected chi connectivity index (χ0v) is 10.1. The Labute approximate surface area is 96.5 Å². The summed E-state index contributed by atoms with van der Waals surface area (Å²) in [5, 5.41) is 3.13. The van der Waals surface area contributed by atoms with Gasteiger partial charge in [0.2, 0.25) is 5.91 Å². The molecule has 2 rings (SSSR count). The lowest BCUT2D eigenvalue weighted by Crippen LogP contribution is -2.45. The first kappa shape index (κ1) is 11.1. The minimum atomic E-state index is -0.293. The topological polar surface area (TPSA) is 32.3 Å². The predicted octanol–water partition coefficient (Wildman–Crippen LogP) is 1.71. The number of aryl methyl sites for hydroxylation is 1. The maximum Gasteiger partial charge on any atom is 0.247 e. The summed E-state index contributed by atoms with van der Waals surface area (Å²) in [4.78, 5) is 14.0. The third-order valence-electron chi connectivity index (χ3n) is 3.33. The Bertz CT molecular complexity index is 410. The first-order valence-corrected chi connectivity index (χ1v) is 5.63. The molecule has 0 heterocycles. The van der Waals surface area contributed by atoms with E-state index in [1.54, 1.807) is 4.90 Å². The molecule has 1 amide bonds. The van der Waals surface area contributed by atoms with E-state index in [1.807, 2.05) is 45.3 Å². The summed E-state index contributed by atoms with van der Waals surface area (Å²) < 4.78 is 0. The Balaban J connectivity index is 2.19. The molecule has 1 saturated carbocycles. The maximum atomic E-state index is 12.2.